The van der Waals surface area contributed by atoms with E-state index < -0.39 is 17.2 Å². The molecule has 2 aromatic heterocycles. The van der Waals surface area contributed by atoms with Crippen molar-refractivity contribution in [3.63, 3.8) is 0 Å². The number of aromatic nitrogens is 4. The minimum absolute atomic E-state index is 0.222. The number of piperidine rings is 1. The van der Waals surface area contributed by atoms with Crippen molar-refractivity contribution in [2.75, 3.05) is 26.2 Å². The van der Waals surface area contributed by atoms with E-state index in [2.05, 4.69) is 20.3 Å². The molecule has 2 N–H and O–H groups in total. The number of amides is 1. The number of ether oxygens (including phenoxy) is 1. The van der Waals surface area contributed by atoms with Gasteiger partial charge in [0.2, 0.25) is 0 Å². The van der Waals surface area contributed by atoms with Crippen molar-refractivity contribution in [1.82, 2.24) is 29.5 Å². The summed E-state index contributed by atoms with van der Waals surface area (Å²) >= 11 is 0. The van der Waals surface area contributed by atoms with Crippen LogP contribution >= 0.6 is 0 Å². The van der Waals surface area contributed by atoms with Crippen molar-refractivity contribution in [2.24, 2.45) is 7.05 Å². The fourth-order valence-corrected chi connectivity index (χ4v) is 4.70. The van der Waals surface area contributed by atoms with Gasteiger partial charge in [0.25, 0.3) is 5.91 Å². The maximum absolute atomic E-state index is 12.8. The summed E-state index contributed by atoms with van der Waals surface area (Å²) in [6.45, 7) is 7.90. The average Bonchev–Trinajstić information content (AvgIpc) is 3.34. The Balaban J connectivity index is 1.37. The lowest BCUT2D eigenvalue weighted by Gasteiger charge is -2.53. The average molecular weight is 417 g/mol. The van der Waals surface area contributed by atoms with Gasteiger partial charge in [0.1, 0.15) is 11.8 Å². The summed E-state index contributed by atoms with van der Waals surface area (Å²) in [4.78, 5) is 19.2. The van der Waals surface area contributed by atoms with Gasteiger partial charge in [-0.15, -0.1) is 0 Å². The molecule has 1 spiro atoms. The van der Waals surface area contributed by atoms with Crippen LogP contribution in [0.1, 0.15) is 42.4 Å². The van der Waals surface area contributed by atoms with Crippen molar-refractivity contribution in [1.29, 1.82) is 0 Å². The SMILES string of the molecule is Cc1ccn(CCN2CCC3(CC2)OCC[C@](C)(NC(=O)c2cncn2C)[C@H]3O)n1. The van der Waals surface area contributed by atoms with Crippen LogP contribution in [0, 0.1) is 6.92 Å². The van der Waals surface area contributed by atoms with Crippen LogP contribution in [0.5, 0.6) is 0 Å². The molecule has 0 aliphatic carbocycles. The minimum atomic E-state index is -0.771. The lowest BCUT2D eigenvalue weighted by Crippen LogP contribution is -2.69. The number of aliphatic hydroxyl groups is 1. The number of aliphatic hydroxyl groups excluding tert-OH is 1. The van der Waals surface area contributed by atoms with Crippen LogP contribution in [0.2, 0.25) is 0 Å². The van der Waals surface area contributed by atoms with E-state index in [-0.39, 0.29) is 5.91 Å². The summed E-state index contributed by atoms with van der Waals surface area (Å²) in [5, 5.41) is 18.8. The van der Waals surface area contributed by atoms with E-state index in [9.17, 15) is 9.90 Å². The van der Waals surface area contributed by atoms with Crippen LogP contribution < -0.4 is 5.32 Å². The van der Waals surface area contributed by atoms with Crippen LogP contribution in [0.15, 0.2) is 24.8 Å². The number of nitrogens with zero attached hydrogens (tertiary/aromatic N) is 5. The molecule has 2 fully saturated rings. The van der Waals surface area contributed by atoms with E-state index in [4.69, 9.17) is 4.74 Å². The molecule has 0 unspecified atom stereocenters. The number of imidazole rings is 1. The van der Waals surface area contributed by atoms with Crippen molar-refractivity contribution >= 4 is 5.91 Å². The number of nitrogens with one attached hydrogen (secondary N) is 1. The Labute approximate surface area is 177 Å². The lowest BCUT2D eigenvalue weighted by molar-refractivity contribution is -0.205. The molecule has 2 aliphatic heterocycles. The Morgan fingerprint density at radius 1 is 1.33 bits per heavy atom. The number of carbonyl (C=O) groups excluding carboxylic acids is 1. The largest absolute Gasteiger partial charge is 0.388 e. The number of rotatable bonds is 5. The normalized spacial score (nSPS) is 26.7. The van der Waals surface area contributed by atoms with Gasteiger partial charge in [-0.25, -0.2) is 4.98 Å². The summed E-state index contributed by atoms with van der Waals surface area (Å²) in [5.74, 6) is -0.222. The summed E-state index contributed by atoms with van der Waals surface area (Å²) in [7, 11) is 1.78. The molecule has 30 heavy (non-hydrogen) atoms. The van der Waals surface area contributed by atoms with Gasteiger partial charge in [-0.05, 0) is 39.2 Å². The number of hydrogen-bond acceptors (Lipinski definition) is 6. The standard InChI is InChI=1S/C21H32N6O3/c1-16-4-8-27(24-16)12-11-26-9-5-21(6-10-26)19(29)20(2,7-13-30-21)23-18(28)17-14-22-15-25(17)3/h4,8,14-15,19,29H,5-7,9-13H2,1-3H3,(H,23,28)/t19-,20+/m1/s1. The molecule has 1 amide bonds. The zero-order valence-electron chi connectivity index (χ0n) is 18.0. The molecule has 0 bridgehead atoms. The fraction of sp³-hybridized carbons (Fsp3) is 0.667. The number of likely N-dealkylation sites (tertiary alicyclic amines) is 1. The maximum Gasteiger partial charge on any atom is 0.270 e. The van der Waals surface area contributed by atoms with Crippen LogP contribution in [0.25, 0.3) is 0 Å². The maximum atomic E-state index is 12.8. The summed E-state index contributed by atoms with van der Waals surface area (Å²) in [6.07, 6.45) is 6.42. The van der Waals surface area contributed by atoms with Crippen LogP contribution in [-0.2, 0) is 18.3 Å². The monoisotopic (exact) mass is 416 g/mol. The van der Waals surface area contributed by atoms with Gasteiger partial charge >= 0.3 is 0 Å². The van der Waals surface area contributed by atoms with Gasteiger partial charge in [0, 0.05) is 39.5 Å². The fourth-order valence-electron chi connectivity index (χ4n) is 4.70. The molecule has 2 aliphatic rings. The number of aryl methyl sites for hydroxylation is 2. The highest BCUT2D eigenvalue weighted by atomic mass is 16.5. The van der Waals surface area contributed by atoms with Crippen LogP contribution in [0.3, 0.4) is 0 Å². The van der Waals surface area contributed by atoms with Gasteiger partial charge in [0.15, 0.2) is 0 Å². The Kier molecular flexibility index (Phi) is 5.69. The molecule has 9 heteroatoms. The zero-order valence-corrected chi connectivity index (χ0v) is 18.0. The predicted molar refractivity (Wildman–Crippen MR) is 111 cm³/mol. The third-order valence-corrected chi connectivity index (χ3v) is 6.68. The van der Waals surface area contributed by atoms with Gasteiger partial charge in [-0.3, -0.25) is 9.48 Å². The molecular formula is C21H32N6O3. The van der Waals surface area contributed by atoms with Gasteiger partial charge in [0.05, 0.1) is 35.9 Å². The predicted octanol–water partition coefficient (Wildman–Crippen LogP) is 0.730. The first-order valence-corrected chi connectivity index (χ1v) is 10.6. The van der Waals surface area contributed by atoms with Crippen molar-refractivity contribution in [3.05, 3.63) is 36.2 Å². The van der Waals surface area contributed by atoms with E-state index in [1.165, 1.54) is 0 Å². The molecule has 2 aromatic rings. The highest BCUT2D eigenvalue weighted by Gasteiger charge is 2.53. The Hall–Kier alpha value is -2.23. The Morgan fingerprint density at radius 2 is 2.10 bits per heavy atom. The van der Waals surface area contributed by atoms with Crippen molar-refractivity contribution in [3.8, 4) is 0 Å². The molecular weight excluding hydrogens is 384 g/mol. The van der Waals surface area contributed by atoms with E-state index in [1.807, 2.05) is 30.8 Å². The van der Waals surface area contributed by atoms with E-state index >= 15 is 0 Å². The number of carbonyl (C=O) groups is 1. The van der Waals surface area contributed by atoms with Crippen LogP contribution in [0.4, 0.5) is 0 Å². The summed E-state index contributed by atoms with van der Waals surface area (Å²) in [6, 6.07) is 2.01. The second-order valence-electron chi connectivity index (χ2n) is 8.89. The van der Waals surface area contributed by atoms with Gasteiger partial charge < -0.3 is 24.6 Å². The topological polar surface area (TPSA) is 97.4 Å². The number of hydrogen-bond donors (Lipinski definition) is 2. The first-order chi connectivity index (χ1) is 14.3. The highest BCUT2D eigenvalue weighted by molar-refractivity contribution is 5.92. The van der Waals surface area contributed by atoms with E-state index in [1.54, 1.807) is 24.1 Å². The second-order valence-corrected chi connectivity index (χ2v) is 8.89. The lowest BCUT2D eigenvalue weighted by atomic mass is 9.73. The molecule has 4 rings (SSSR count). The van der Waals surface area contributed by atoms with E-state index in [0.29, 0.717) is 18.7 Å². The van der Waals surface area contributed by atoms with Crippen LogP contribution in [-0.4, -0.2) is 78.7 Å². The molecule has 0 radical (unpaired) electrons. The van der Waals surface area contributed by atoms with Crippen molar-refractivity contribution < 1.29 is 14.6 Å². The summed E-state index contributed by atoms with van der Waals surface area (Å²) < 4.78 is 9.81. The summed E-state index contributed by atoms with van der Waals surface area (Å²) in [5.41, 5.74) is 0.145. The molecule has 9 nitrogen and oxygen atoms in total. The van der Waals surface area contributed by atoms with Crippen molar-refractivity contribution in [2.45, 2.75) is 56.9 Å². The quantitative estimate of drug-likeness (QED) is 0.746. The third kappa shape index (κ3) is 4.01. The Bertz CT molecular complexity index is 885. The molecule has 2 atom stereocenters. The van der Waals surface area contributed by atoms with Gasteiger partial charge in [-0.2, -0.15) is 5.10 Å². The first kappa shape index (κ1) is 21.0. The Morgan fingerprint density at radius 3 is 2.73 bits per heavy atom. The second kappa shape index (κ2) is 8.13. The highest BCUT2D eigenvalue weighted by Crippen LogP contribution is 2.40. The molecule has 0 aromatic carbocycles. The first-order valence-electron chi connectivity index (χ1n) is 10.6. The zero-order chi connectivity index (χ0) is 21.4. The molecule has 4 heterocycles. The molecule has 0 saturated carbocycles. The third-order valence-electron chi connectivity index (χ3n) is 6.68. The van der Waals surface area contributed by atoms with Gasteiger partial charge in [-0.1, -0.05) is 0 Å². The smallest absolute Gasteiger partial charge is 0.270 e. The molecule has 2 saturated heterocycles. The molecule has 164 valence electrons. The van der Waals surface area contributed by atoms with E-state index in [0.717, 1.165) is 44.7 Å². The minimum Gasteiger partial charge on any atom is -0.388 e.